The minimum atomic E-state index is -1.51. The summed E-state index contributed by atoms with van der Waals surface area (Å²) in [7, 11) is 0. The second-order valence-electron chi connectivity index (χ2n) is 4.25. The van der Waals surface area contributed by atoms with Crippen molar-refractivity contribution < 1.29 is 18.0 Å². The van der Waals surface area contributed by atoms with Gasteiger partial charge in [0.15, 0.2) is 5.78 Å². The molecule has 0 N–H and O–H groups in total. The fourth-order valence-electron chi connectivity index (χ4n) is 1.87. The van der Waals surface area contributed by atoms with Gasteiger partial charge in [0.25, 0.3) is 0 Å². The van der Waals surface area contributed by atoms with Crippen molar-refractivity contribution >= 4 is 17.4 Å². The Morgan fingerprint density at radius 1 is 1.10 bits per heavy atom. The highest BCUT2D eigenvalue weighted by atomic mass is 35.5. The van der Waals surface area contributed by atoms with Crippen LogP contribution in [0, 0.1) is 28.8 Å². The van der Waals surface area contributed by atoms with Gasteiger partial charge in [-0.1, -0.05) is 11.6 Å². The average molecular weight is 310 g/mol. The highest BCUT2D eigenvalue weighted by molar-refractivity contribution is 6.30. The van der Waals surface area contributed by atoms with E-state index in [4.69, 9.17) is 16.9 Å². The molecule has 21 heavy (non-hydrogen) atoms. The Bertz CT molecular complexity index is 735. The van der Waals surface area contributed by atoms with Gasteiger partial charge < -0.3 is 0 Å². The number of Topliss-reactive ketones (excluding diaryl/α,β-unsaturated/α-hetero) is 1. The minimum Gasteiger partial charge on any atom is -0.292 e. The van der Waals surface area contributed by atoms with Crippen LogP contribution in [0.5, 0.6) is 0 Å². The molecule has 2 rings (SSSR count). The monoisotopic (exact) mass is 309 g/mol. The summed E-state index contributed by atoms with van der Waals surface area (Å²) in [4.78, 5) is 12.2. The van der Waals surface area contributed by atoms with Crippen molar-refractivity contribution in [1.82, 2.24) is 0 Å². The molecule has 0 radical (unpaired) electrons. The third-order valence-corrected chi connectivity index (χ3v) is 3.04. The second kappa shape index (κ2) is 5.98. The van der Waals surface area contributed by atoms with Crippen molar-refractivity contribution in [2.75, 3.05) is 0 Å². The topological polar surface area (TPSA) is 40.9 Å². The molecule has 1 unspecified atom stereocenters. The molecule has 0 aromatic heterocycles. The van der Waals surface area contributed by atoms with Crippen molar-refractivity contribution in [1.29, 1.82) is 5.26 Å². The van der Waals surface area contributed by atoms with Crippen molar-refractivity contribution in [3.63, 3.8) is 0 Å². The zero-order chi connectivity index (χ0) is 15.6. The summed E-state index contributed by atoms with van der Waals surface area (Å²) >= 11 is 5.58. The summed E-state index contributed by atoms with van der Waals surface area (Å²) in [5.41, 5.74) is -0.537. The maximum Gasteiger partial charge on any atom is 0.187 e. The van der Waals surface area contributed by atoms with Gasteiger partial charge in [-0.3, -0.25) is 4.79 Å². The van der Waals surface area contributed by atoms with Crippen LogP contribution < -0.4 is 0 Å². The summed E-state index contributed by atoms with van der Waals surface area (Å²) in [6.07, 6.45) is 0. The number of carbonyl (C=O) groups is 1. The molecule has 0 aliphatic carbocycles. The number of nitrogens with zero attached hydrogens (tertiary/aromatic N) is 1. The van der Waals surface area contributed by atoms with E-state index in [-0.39, 0.29) is 16.1 Å². The molecule has 0 fully saturated rings. The van der Waals surface area contributed by atoms with Crippen LogP contribution in [-0.4, -0.2) is 5.78 Å². The predicted molar refractivity (Wildman–Crippen MR) is 70.5 cm³/mol. The van der Waals surface area contributed by atoms with Gasteiger partial charge in [-0.15, -0.1) is 0 Å². The summed E-state index contributed by atoms with van der Waals surface area (Å²) in [6.45, 7) is 0. The molecule has 0 aliphatic rings. The van der Waals surface area contributed by atoms with E-state index in [0.29, 0.717) is 6.07 Å². The number of hydrogen-bond donors (Lipinski definition) is 0. The Balaban J connectivity index is 2.46. The Hall–Kier alpha value is -2.32. The quantitative estimate of drug-likeness (QED) is 0.795. The molecule has 2 aromatic rings. The van der Waals surface area contributed by atoms with Crippen LogP contribution in [0.15, 0.2) is 36.4 Å². The number of carbonyl (C=O) groups excluding carboxylic acids is 1. The fourth-order valence-corrected chi connectivity index (χ4v) is 2.03. The Morgan fingerprint density at radius 2 is 1.71 bits per heavy atom. The highest BCUT2D eigenvalue weighted by Gasteiger charge is 2.25. The SMILES string of the molecule is N#CC(C(=O)c1ccc(Cl)cc1F)c1cc(F)cc(F)c1. The third kappa shape index (κ3) is 3.23. The van der Waals surface area contributed by atoms with Crippen LogP contribution >= 0.6 is 11.6 Å². The largest absolute Gasteiger partial charge is 0.292 e. The van der Waals surface area contributed by atoms with Crippen molar-refractivity contribution in [2.24, 2.45) is 0 Å². The van der Waals surface area contributed by atoms with Crippen LogP contribution in [0.3, 0.4) is 0 Å². The molecule has 0 saturated carbocycles. The molecular weight excluding hydrogens is 303 g/mol. The lowest BCUT2D eigenvalue weighted by molar-refractivity contribution is 0.0975. The third-order valence-electron chi connectivity index (χ3n) is 2.81. The van der Waals surface area contributed by atoms with Crippen molar-refractivity contribution in [3.8, 4) is 6.07 Å². The van der Waals surface area contributed by atoms with Gasteiger partial charge in [-0.25, -0.2) is 13.2 Å². The Morgan fingerprint density at radius 3 is 2.24 bits per heavy atom. The molecule has 0 spiro atoms. The van der Waals surface area contributed by atoms with Crippen molar-refractivity contribution in [3.05, 3.63) is 70.0 Å². The number of halogens is 4. The maximum atomic E-state index is 13.7. The molecule has 0 aliphatic heterocycles. The van der Waals surface area contributed by atoms with Crippen LogP contribution in [0.1, 0.15) is 21.8 Å². The smallest absolute Gasteiger partial charge is 0.187 e. The number of nitriles is 1. The number of ketones is 1. The molecule has 2 nitrogen and oxygen atoms in total. The molecular formula is C15H7ClF3NO. The standard InChI is InChI=1S/C15H7ClF3NO/c16-9-1-2-12(14(19)5-9)15(21)13(7-20)8-3-10(17)6-11(18)4-8/h1-6,13H. The maximum absolute atomic E-state index is 13.7. The first-order valence-corrected chi connectivity index (χ1v) is 6.15. The molecule has 106 valence electrons. The van der Waals surface area contributed by atoms with Crippen molar-refractivity contribution in [2.45, 2.75) is 5.92 Å². The van der Waals surface area contributed by atoms with E-state index >= 15 is 0 Å². The van der Waals surface area contributed by atoms with E-state index in [2.05, 4.69) is 0 Å². The lowest BCUT2D eigenvalue weighted by atomic mass is 9.91. The van der Waals surface area contributed by atoms with Gasteiger partial charge in [0, 0.05) is 11.1 Å². The predicted octanol–water partition coefficient (Wildman–Crippen LogP) is 4.25. The molecule has 6 heteroatoms. The van der Waals surface area contributed by atoms with E-state index in [1.165, 1.54) is 6.07 Å². The van der Waals surface area contributed by atoms with Gasteiger partial charge in [-0.05, 0) is 35.9 Å². The van der Waals surface area contributed by atoms with Crippen LogP contribution in [0.4, 0.5) is 13.2 Å². The molecule has 0 bridgehead atoms. The van der Waals surface area contributed by atoms with Gasteiger partial charge in [0.1, 0.15) is 23.4 Å². The van der Waals surface area contributed by atoms with Crippen LogP contribution in [0.25, 0.3) is 0 Å². The summed E-state index contributed by atoms with van der Waals surface area (Å²) in [5, 5.41) is 9.17. The van der Waals surface area contributed by atoms with Crippen LogP contribution in [0.2, 0.25) is 5.02 Å². The van der Waals surface area contributed by atoms with Gasteiger partial charge >= 0.3 is 0 Å². The second-order valence-corrected chi connectivity index (χ2v) is 4.69. The molecule has 2 aromatic carbocycles. The summed E-state index contributed by atoms with van der Waals surface area (Å²) in [6, 6.07) is 7.32. The fraction of sp³-hybridized carbons (Fsp3) is 0.0667. The first kappa shape index (κ1) is 15.1. The highest BCUT2D eigenvalue weighted by Crippen LogP contribution is 2.25. The summed E-state index contributed by atoms with van der Waals surface area (Å²) in [5.74, 6) is -5.14. The van der Waals surface area contributed by atoms with Gasteiger partial charge in [0.2, 0.25) is 0 Å². The van der Waals surface area contributed by atoms with E-state index in [1.807, 2.05) is 0 Å². The average Bonchev–Trinajstić information content (AvgIpc) is 2.38. The lowest BCUT2D eigenvalue weighted by Crippen LogP contribution is -2.13. The van der Waals surface area contributed by atoms with E-state index in [1.54, 1.807) is 6.07 Å². The first-order valence-electron chi connectivity index (χ1n) is 5.77. The normalized spacial score (nSPS) is 11.8. The molecule has 0 amide bonds. The zero-order valence-corrected chi connectivity index (χ0v) is 11.2. The lowest BCUT2D eigenvalue weighted by Gasteiger charge is -2.10. The zero-order valence-electron chi connectivity index (χ0n) is 10.4. The molecule has 0 heterocycles. The number of hydrogen-bond acceptors (Lipinski definition) is 2. The van der Waals surface area contributed by atoms with E-state index in [9.17, 15) is 18.0 Å². The minimum absolute atomic E-state index is 0.0920. The Labute approximate surface area is 123 Å². The molecule has 0 saturated heterocycles. The number of rotatable bonds is 3. The molecule has 1 atom stereocenters. The van der Waals surface area contributed by atoms with E-state index < -0.39 is 29.2 Å². The Kier molecular flexibility index (Phi) is 4.29. The van der Waals surface area contributed by atoms with E-state index in [0.717, 1.165) is 24.3 Å². The summed E-state index contributed by atoms with van der Waals surface area (Å²) < 4.78 is 40.1. The number of benzene rings is 2. The van der Waals surface area contributed by atoms with Gasteiger partial charge in [0.05, 0.1) is 11.6 Å². The first-order chi connectivity index (χ1) is 9.92. The van der Waals surface area contributed by atoms with Gasteiger partial charge in [-0.2, -0.15) is 5.26 Å². The van der Waals surface area contributed by atoms with Crippen LogP contribution in [-0.2, 0) is 0 Å².